The first-order valence-corrected chi connectivity index (χ1v) is 3.96. The van der Waals surface area contributed by atoms with Gasteiger partial charge in [0.15, 0.2) is 0 Å². The average molecular weight is 192 g/mol. The summed E-state index contributed by atoms with van der Waals surface area (Å²) in [7, 11) is 0. The molecule has 0 atom stereocenters. The van der Waals surface area contributed by atoms with E-state index in [0.29, 0.717) is 10.6 Å². The molecule has 0 aliphatic rings. The lowest BCUT2D eigenvalue weighted by Gasteiger charge is -1.95. The summed E-state index contributed by atoms with van der Waals surface area (Å²) in [6, 6.07) is 6.43. The molecule has 0 saturated heterocycles. The van der Waals surface area contributed by atoms with Crippen LogP contribution >= 0.6 is 11.6 Å². The Morgan fingerprint density at radius 2 is 2.23 bits per heavy atom. The van der Waals surface area contributed by atoms with Crippen molar-refractivity contribution < 1.29 is 5.11 Å². The van der Waals surface area contributed by atoms with Crippen LogP contribution < -0.4 is 0 Å². The molecule has 0 bridgehead atoms. The minimum atomic E-state index is 0.107. The lowest BCUT2D eigenvalue weighted by atomic mass is 10.2. The molecule has 1 rings (SSSR count). The number of nitrogens with zero attached hydrogens (tertiary/aromatic N) is 1. The van der Waals surface area contributed by atoms with Gasteiger partial charge in [0.1, 0.15) is 5.75 Å². The number of hydrogen-bond donors (Lipinski definition) is 1. The van der Waals surface area contributed by atoms with E-state index in [-0.39, 0.29) is 12.2 Å². The fourth-order valence-corrected chi connectivity index (χ4v) is 1.01. The largest absolute Gasteiger partial charge is 0.508 e. The van der Waals surface area contributed by atoms with Crippen LogP contribution in [-0.4, -0.2) is 5.11 Å². The highest BCUT2D eigenvalue weighted by molar-refractivity contribution is 6.31. The molecule has 0 aliphatic heterocycles. The molecule has 0 aliphatic carbocycles. The van der Waals surface area contributed by atoms with Gasteiger partial charge >= 0.3 is 0 Å². The van der Waals surface area contributed by atoms with Crippen molar-refractivity contribution in [2.24, 2.45) is 0 Å². The van der Waals surface area contributed by atoms with Gasteiger partial charge in [-0.05, 0) is 18.2 Å². The highest BCUT2D eigenvalue weighted by atomic mass is 35.5. The molecule has 2 nitrogen and oxygen atoms in total. The summed E-state index contributed by atoms with van der Waals surface area (Å²) >= 11 is 5.76. The third kappa shape index (κ3) is 2.71. The molecule has 0 radical (unpaired) electrons. The van der Waals surface area contributed by atoms with Crippen LogP contribution in [0.3, 0.4) is 0 Å². The Morgan fingerprint density at radius 1 is 1.46 bits per heavy atom. The molecule has 3 heteroatoms. The van der Waals surface area contributed by atoms with Crippen LogP contribution in [0.2, 0.25) is 5.02 Å². The van der Waals surface area contributed by atoms with Gasteiger partial charge in [-0.25, -0.2) is 0 Å². The van der Waals surface area contributed by atoms with E-state index in [9.17, 15) is 0 Å². The van der Waals surface area contributed by atoms with Gasteiger partial charge < -0.3 is 5.11 Å². The number of benzene rings is 1. The fourth-order valence-electron chi connectivity index (χ4n) is 0.784. The number of phenols is 1. The normalized spacial score (nSPS) is 8.31. The second-order valence-electron chi connectivity index (χ2n) is 2.30. The first kappa shape index (κ1) is 9.45. The number of halogens is 1. The smallest absolute Gasteiger partial charge is 0.117 e. The van der Waals surface area contributed by atoms with Crippen LogP contribution in [0, 0.1) is 23.2 Å². The Balaban J connectivity index is 2.93. The predicted molar refractivity (Wildman–Crippen MR) is 50.2 cm³/mol. The van der Waals surface area contributed by atoms with Gasteiger partial charge in [-0.1, -0.05) is 23.4 Å². The van der Waals surface area contributed by atoms with Crippen molar-refractivity contribution in [2.75, 3.05) is 0 Å². The van der Waals surface area contributed by atoms with E-state index in [1.807, 2.05) is 6.07 Å². The lowest BCUT2D eigenvalue weighted by molar-refractivity contribution is 0.475. The molecule has 13 heavy (non-hydrogen) atoms. The van der Waals surface area contributed by atoms with Crippen molar-refractivity contribution in [3.05, 3.63) is 28.8 Å². The summed E-state index contributed by atoms with van der Waals surface area (Å²) in [5, 5.41) is 17.7. The van der Waals surface area contributed by atoms with E-state index < -0.39 is 0 Å². The van der Waals surface area contributed by atoms with Crippen molar-refractivity contribution in [1.82, 2.24) is 0 Å². The minimum absolute atomic E-state index is 0.107. The zero-order chi connectivity index (χ0) is 9.68. The quantitative estimate of drug-likeness (QED) is 0.640. The topological polar surface area (TPSA) is 44.0 Å². The van der Waals surface area contributed by atoms with E-state index >= 15 is 0 Å². The van der Waals surface area contributed by atoms with Crippen molar-refractivity contribution in [3.63, 3.8) is 0 Å². The van der Waals surface area contributed by atoms with Crippen LogP contribution in [0.15, 0.2) is 18.2 Å². The maximum atomic E-state index is 9.02. The maximum absolute atomic E-state index is 9.02. The molecular formula is C10H6ClNO. The zero-order valence-corrected chi connectivity index (χ0v) is 7.47. The van der Waals surface area contributed by atoms with E-state index in [1.165, 1.54) is 12.1 Å². The Bertz CT molecular complexity index is 409. The van der Waals surface area contributed by atoms with Crippen LogP contribution in [0.4, 0.5) is 0 Å². The van der Waals surface area contributed by atoms with E-state index in [4.69, 9.17) is 22.0 Å². The Morgan fingerprint density at radius 3 is 2.85 bits per heavy atom. The summed E-state index contributed by atoms with van der Waals surface area (Å²) in [6.45, 7) is 0. The number of phenolic OH excluding ortho intramolecular Hbond substituents is 1. The third-order valence-electron chi connectivity index (χ3n) is 1.34. The fraction of sp³-hybridized carbons (Fsp3) is 0.100. The van der Waals surface area contributed by atoms with E-state index in [0.717, 1.165) is 0 Å². The molecule has 0 saturated carbocycles. The molecular weight excluding hydrogens is 186 g/mol. The van der Waals surface area contributed by atoms with Gasteiger partial charge in [0.2, 0.25) is 0 Å². The molecule has 0 aromatic heterocycles. The van der Waals surface area contributed by atoms with E-state index in [2.05, 4.69) is 11.8 Å². The predicted octanol–water partition coefficient (Wildman–Crippen LogP) is 2.31. The summed E-state index contributed by atoms with van der Waals surface area (Å²) in [5.74, 6) is 5.47. The highest BCUT2D eigenvalue weighted by Crippen LogP contribution is 2.20. The molecule has 0 amide bonds. The van der Waals surface area contributed by atoms with Crippen LogP contribution in [0.25, 0.3) is 0 Å². The number of nitriles is 1. The van der Waals surface area contributed by atoms with Gasteiger partial charge in [0, 0.05) is 5.56 Å². The van der Waals surface area contributed by atoms with Crippen molar-refractivity contribution in [2.45, 2.75) is 6.42 Å². The van der Waals surface area contributed by atoms with Gasteiger partial charge in [0.25, 0.3) is 0 Å². The Hall–Kier alpha value is -1.64. The van der Waals surface area contributed by atoms with Crippen LogP contribution in [0.5, 0.6) is 5.75 Å². The molecule has 64 valence electrons. The third-order valence-corrected chi connectivity index (χ3v) is 1.66. The number of rotatable bonds is 0. The molecule has 0 spiro atoms. The summed E-state index contributed by atoms with van der Waals surface area (Å²) < 4.78 is 0. The molecule has 0 fully saturated rings. The summed E-state index contributed by atoms with van der Waals surface area (Å²) in [5.41, 5.74) is 0.620. The second kappa shape index (κ2) is 4.40. The molecule has 1 N–H and O–H groups in total. The molecule has 0 unspecified atom stereocenters. The van der Waals surface area contributed by atoms with Gasteiger partial charge in [0.05, 0.1) is 17.5 Å². The molecule has 0 heterocycles. The monoisotopic (exact) mass is 191 g/mol. The Labute approximate surface area is 81.4 Å². The SMILES string of the molecule is N#CCC#Cc1ccc(O)cc1Cl. The highest BCUT2D eigenvalue weighted by Gasteiger charge is 1.96. The van der Waals surface area contributed by atoms with Crippen LogP contribution in [-0.2, 0) is 0 Å². The zero-order valence-electron chi connectivity index (χ0n) is 6.71. The standard InChI is InChI=1S/C10H6ClNO/c11-10-7-9(13)5-4-8(10)3-1-2-6-12/h4-5,7,13H,2H2. The first-order chi connectivity index (χ1) is 6.24. The average Bonchev–Trinajstić information content (AvgIpc) is 2.09. The van der Waals surface area contributed by atoms with Gasteiger partial charge in [-0.3, -0.25) is 0 Å². The number of hydrogen-bond acceptors (Lipinski definition) is 2. The number of aromatic hydroxyl groups is 1. The maximum Gasteiger partial charge on any atom is 0.117 e. The molecule has 1 aromatic rings. The first-order valence-electron chi connectivity index (χ1n) is 3.58. The summed E-state index contributed by atoms with van der Waals surface area (Å²) in [4.78, 5) is 0. The van der Waals surface area contributed by atoms with E-state index in [1.54, 1.807) is 6.07 Å². The second-order valence-corrected chi connectivity index (χ2v) is 2.71. The van der Waals surface area contributed by atoms with Crippen molar-refractivity contribution in [1.29, 1.82) is 5.26 Å². The summed E-state index contributed by atoms with van der Waals surface area (Å²) in [6.07, 6.45) is 0.178. The minimum Gasteiger partial charge on any atom is -0.508 e. The van der Waals surface area contributed by atoms with Gasteiger partial charge in [-0.15, -0.1) is 0 Å². The van der Waals surface area contributed by atoms with Crippen molar-refractivity contribution in [3.8, 4) is 23.7 Å². The Kier molecular flexibility index (Phi) is 3.20. The van der Waals surface area contributed by atoms with Gasteiger partial charge in [-0.2, -0.15) is 5.26 Å². The van der Waals surface area contributed by atoms with Crippen molar-refractivity contribution >= 4 is 11.6 Å². The lowest BCUT2D eigenvalue weighted by Crippen LogP contribution is -1.76. The van der Waals surface area contributed by atoms with Crippen LogP contribution in [0.1, 0.15) is 12.0 Å². The molecule has 1 aromatic carbocycles.